The summed E-state index contributed by atoms with van der Waals surface area (Å²) < 4.78 is 45.4. The van der Waals surface area contributed by atoms with Crippen LogP contribution in [0.15, 0.2) is 71.8 Å². The molecule has 0 saturated carbocycles. The van der Waals surface area contributed by atoms with E-state index in [0.29, 0.717) is 25.9 Å². The van der Waals surface area contributed by atoms with Crippen molar-refractivity contribution in [3.05, 3.63) is 89.0 Å². The van der Waals surface area contributed by atoms with Gasteiger partial charge in [0.05, 0.1) is 24.3 Å². The van der Waals surface area contributed by atoms with Crippen LogP contribution in [0.3, 0.4) is 0 Å². The van der Waals surface area contributed by atoms with Gasteiger partial charge in [-0.3, -0.25) is 4.79 Å². The van der Waals surface area contributed by atoms with Crippen LogP contribution in [0.4, 0.5) is 19.3 Å². The molecule has 3 aliphatic rings. The summed E-state index contributed by atoms with van der Waals surface area (Å²) in [5.74, 6) is -2.76. The molecule has 2 bridgehead atoms. The molecule has 0 spiro atoms. The lowest BCUT2D eigenvalue weighted by atomic mass is 9.78. The molecule has 3 unspecified atom stereocenters. The number of amides is 2. The molecule has 3 heterocycles. The fraction of sp³-hybridized carbons (Fsp3) is 0.424. The second-order valence-corrected chi connectivity index (χ2v) is 12.2. The lowest BCUT2D eigenvalue weighted by Crippen LogP contribution is -2.50. The Morgan fingerprint density at radius 3 is 2.34 bits per heavy atom. The van der Waals surface area contributed by atoms with Crippen molar-refractivity contribution in [1.29, 1.82) is 0 Å². The Morgan fingerprint density at radius 1 is 1.07 bits per heavy atom. The monoisotopic (exact) mass is 609 g/mol. The number of benzene rings is 2. The highest BCUT2D eigenvalue weighted by atomic mass is 19.1. The number of halogens is 2. The highest BCUT2D eigenvalue weighted by Crippen LogP contribution is 2.47. The van der Waals surface area contributed by atoms with Gasteiger partial charge in [0.2, 0.25) is 0 Å². The Hall–Kier alpha value is -4.25. The first-order chi connectivity index (χ1) is 20.9. The van der Waals surface area contributed by atoms with Gasteiger partial charge in [-0.2, -0.15) is 0 Å². The van der Waals surface area contributed by atoms with Crippen LogP contribution in [-0.2, 0) is 30.2 Å². The van der Waals surface area contributed by atoms with Crippen LogP contribution in [0.5, 0.6) is 0 Å². The Morgan fingerprint density at radius 2 is 1.73 bits per heavy atom. The van der Waals surface area contributed by atoms with Crippen LogP contribution in [0.2, 0.25) is 0 Å². The van der Waals surface area contributed by atoms with Crippen molar-refractivity contribution < 1.29 is 37.4 Å². The molecule has 44 heavy (non-hydrogen) atoms. The van der Waals surface area contributed by atoms with E-state index in [4.69, 9.17) is 14.2 Å². The van der Waals surface area contributed by atoms with E-state index in [1.54, 1.807) is 37.8 Å². The quantitative estimate of drug-likeness (QED) is 0.331. The molecule has 2 amide bonds. The zero-order valence-electron chi connectivity index (χ0n) is 25.2. The van der Waals surface area contributed by atoms with Crippen molar-refractivity contribution in [2.24, 2.45) is 0 Å². The number of piperidine rings is 1. The molecule has 2 aromatic rings. The van der Waals surface area contributed by atoms with E-state index in [0.717, 1.165) is 23.8 Å². The highest BCUT2D eigenvalue weighted by Gasteiger charge is 2.58. The number of rotatable bonds is 8. The lowest BCUT2D eigenvalue weighted by Gasteiger charge is -2.36. The number of hydrogen-bond acceptors (Lipinski definition) is 7. The SMILES string of the molecule is COC(=O)C1=C(C(=O)NC2CCN(C(=O)OC(C)(C)C)CC2)C2C=CC1(C(Cc1ccccc1)Nc1cc(F)cc(F)c1)O2. The molecule has 1 fully saturated rings. The van der Waals surface area contributed by atoms with Crippen LogP contribution in [-0.4, -0.2) is 72.5 Å². The van der Waals surface area contributed by atoms with Gasteiger partial charge >= 0.3 is 12.1 Å². The van der Waals surface area contributed by atoms with Crippen LogP contribution >= 0.6 is 0 Å². The smallest absolute Gasteiger partial charge is 0.410 e. The van der Waals surface area contributed by atoms with Gasteiger partial charge in [0.25, 0.3) is 5.91 Å². The van der Waals surface area contributed by atoms with Gasteiger partial charge in [0, 0.05) is 30.9 Å². The van der Waals surface area contributed by atoms with E-state index >= 15 is 0 Å². The first-order valence-corrected chi connectivity index (χ1v) is 14.6. The molecule has 2 N–H and O–H groups in total. The normalized spacial score (nSPS) is 22.1. The summed E-state index contributed by atoms with van der Waals surface area (Å²) in [6, 6.07) is 11.4. The zero-order chi connectivity index (χ0) is 31.6. The van der Waals surface area contributed by atoms with Crippen LogP contribution in [0, 0.1) is 11.6 Å². The predicted octanol–water partition coefficient (Wildman–Crippen LogP) is 4.68. The standard InChI is InChI=1S/C33H37F2N3O6/c1-32(2,3)44-31(41)38-14-11-23(12-15-38)37-29(39)27-25-10-13-33(43-25,28(27)30(40)42-4)26(16-20-8-6-5-7-9-20)36-24-18-21(34)17-22(35)19-24/h5-10,13,17-19,23,25-26,36H,11-12,14-16H2,1-4H3,(H,37,39). The van der Waals surface area contributed by atoms with E-state index in [-0.39, 0.29) is 29.3 Å². The Labute approximate surface area is 255 Å². The molecule has 0 aliphatic carbocycles. The summed E-state index contributed by atoms with van der Waals surface area (Å²) in [4.78, 5) is 41.3. The molecule has 11 heteroatoms. The maximum absolute atomic E-state index is 14.2. The number of carbonyl (C=O) groups excluding carboxylic acids is 3. The third-order valence-corrected chi connectivity index (χ3v) is 7.90. The van der Waals surface area contributed by atoms with Gasteiger partial charge in [-0.05, 0) is 63.8 Å². The molecular weight excluding hydrogens is 572 g/mol. The van der Waals surface area contributed by atoms with Crippen molar-refractivity contribution in [2.45, 2.75) is 69.4 Å². The first-order valence-electron chi connectivity index (χ1n) is 14.6. The molecule has 3 atom stereocenters. The number of carbonyl (C=O) groups is 3. The number of likely N-dealkylation sites (tertiary alicyclic amines) is 1. The zero-order valence-corrected chi connectivity index (χ0v) is 25.2. The number of nitrogens with zero attached hydrogens (tertiary/aromatic N) is 1. The average molecular weight is 610 g/mol. The number of hydrogen-bond donors (Lipinski definition) is 2. The van der Waals surface area contributed by atoms with E-state index in [1.807, 2.05) is 30.3 Å². The molecule has 3 aliphatic heterocycles. The summed E-state index contributed by atoms with van der Waals surface area (Å²) in [6.07, 6.45) is 3.46. The van der Waals surface area contributed by atoms with Crippen molar-refractivity contribution in [3.8, 4) is 0 Å². The van der Waals surface area contributed by atoms with Crippen LogP contribution in [0.1, 0.15) is 39.2 Å². The maximum atomic E-state index is 14.2. The maximum Gasteiger partial charge on any atom is 0.410 e. The molecule has 234 valence electrons. The molecule has 0 aromatic heterocycles. The van der Waals surface area contributed by atoms with Crippen LogP contribution < -0.4 is 10.6 Å². The molecule has 1 saturated heterocycles. The van der Waals surface area contributed by atoms with Crippen molar-refractivity contribution in [3.63, 3.8) is 0 Å². The summed E-state index contributed by atoms with van der Waals surface area (Å²) in [5, 5.41) is 6.19. The topological polar surface area (TPSA) is 106 Å². The van der Waals surface area contributed by atoms with Crippen molar-refractivity contribution in [1.82, 2.24) is 10.2 Å². The minimum absolute atomic E-state index is 0.0292. The first kappa shape index (κ1) is 31.2. The second-order valence-electron chi connectivity index (χ2n) is 12.2. The average Bonchev–Trinajstić information content (AvgIpc) is 3.54. The number of nitrogens with one attached hydrogen (secondary N) is 2. The van der Waals surface area contributed by atoms with E-state index < -0.39 is 53.0 Å². The third kappa shape index (κ3) is 6.62. The number of anilines is 1. The Kier molecular flexibility index (Phi) is 8.78. The third-order valence-electron chi connectivity index (χ3n) is 7.90. The Bertz CT molecular complexity index is 1460. The van der Waals surface area contributed by atoms with Crippen LogP contribution in [0.25, 0.3) is 0 Å². The van der Waals surface area contributed by atoms with E-state index in [9.17, 15) is 23.2 Å². The largest absolute Gasteiger partial charge is 0.466 e. The minimum atomic E-state index is -1.47. The second kappa shape index (κ2) is 12.4. The highest BCUT2D eigenvalue weighted by molar-refractivity contribution is 6.07. The van der Waals surface area contributed by atoms with E-state index in [2.05, 4.69) is 10.6 Å². The molecule has 2 aromatic carbocycles. The fourth-order valence-electron chi connectivity index (χ4n) is 5.95. The van der Waals surface area contributed by atoms with Gasteiger partial charge in [-0.25, -0.2) is 18.4 Å². The summed E-state index contributed by atoms with van der Waals surface area (Å²) >= 11 is 0. The van der Waals surface area contributed by atoms with E-state index in [1.165, 1.54) is 7.11 Å². The number of methoxy groups -OCH3 is 1. The molecule has 0 radical (unpaired) electrons. The van der Waals surface area contributed by atoms with Gasteiger partial charge in [0.1, 0.15) is 28.9 Å². The van der Waals surface area contributed by atoms with Gasteiger partial charge in [-0.1, -0.05) is 36.4 Å². The minimum Gasteiger partial charge on any atom is -0.466 e. The fourth-order valence-corrected chi connectivity index (χ4v) is 5.95. The summed E-state index contributed by atoms with van der Waals surface area (Å²) in [6.45, 7) is 6.22. The Balaban J connectivity index is 1.42. The number of esters is 1. The van der Waals surface area contributed by atoms with Gasteiger partial charge in [0.15, 0.2) is 0 Å². The number of fused-ring (bicyclic) bond motifs is 2. The van der Waals surface area contributed by atoms with Crippen molar-refractivity contribution in [2.75, 3.05) is 25.5 Å². The van der Waals surface area contributed by atoms with Gasteiger partial charge < -0.3 is 29.7 Å². The molecule has 5 rings (SSSR count). The van der Waals surface area contributed by atoms with Crippen molar-refractivity contribution >= 4 is 23.7 Å². The summed E-state index contributed by atoms with van der Waals surface area (Å²) in [5.41, 5.74) is -0.906. The molecule has 9 nitrogen and oxygen atoms in total. The lowest BCUT2D eigenvalue weighted by molar-refractivity contribution is -0.138. The number of ether oxygens (including phenoxy) is 3. The summed E-state index contributed by atoms with van der Waals surface area (Å²) in [7, 11) is 1.22. The van der Waals surface area contributed by atoms with Gasteiger partial charge in [-0.15, -0.1) is 0 Å². The molecular formula is C33H37F2N3O6. The predicted molar refractivity (Wildman–Crippen MR) is 159 cm³/mol.